The van der Waals surface area contributed by atoms with Gasteiger partial charge in [-0.2, -0.15) is 0 Å². The molecule has 0 amide bonds. The standard InChI is InChI=1S/C14H12Cl2N2O5S/c1-17(13-7-9(18(19)20)3-5-11(13)15)24(21,22)10-4-6-14(23-2)12(16)8-10/h3-8H,1-2H3. The molecule has 7 nitrogen and oxygen atoms in total. The summed E-state index contributed by atoms with van der Waals surface area (Å²) in [5.74, 6) is 0.326. The highest BCUT2D eigenvalue weighted by Crippen LogP contribution is 2.34. The maximum Gasteiger partial charge on any atom is 0.271 e. The molecule has 0 aromatic heterocycles. The summed E-state index contributed by atoms with van der Waals surface area (Å²) in [5, 5.41) is 11.1. The van der Waals surface area contributed by atoms with Gasteiger partial charge in [0.1, 0.15) is 5.75 Å². The van der Waals surface area contributed by atoms with Gasteiger partial charge in [-0.15, -0.1) is 0 Å². The smallest absolute Gasteiger partial charge is 0.271 e. The largest absolute Gasteiger partial charge is 0.495 e. The molecule has 0 heterocycles. The normalized spacial score (nSPS) is 11.2. The molecule has 0 saturated carbocycles. The molecule has 2 aromatic rings. The predicted octanol–water partition coefficient (Wildman–Crippen LogP) is 3.74. The van der Waals surface area contributed by atoms with Gasteiger partial charge in [0.2, 0.25) is 0 Å². The van der Waals surface area contributed by atoms with Gasteiger partial charge in [0.05, 0.1) is 32.7 Å². The average Bonchev–Trinajstić information content (AvgIpc) is 2.54. The number of sulfonamides is 1. The number of nitrogens with zero attached hydrogens (tertiary/aromatic N) is 2. The molecule has 24 heavy (non-hydrogen) atoms. The molecule has 0 N–H and O–H groups in total. The molecule has 2 aromatic carbocycles. The molecule has 0 unspecified atom stereocenters. The molecule has 128 valence electrons. The van der Waals surface area contributed by atoms with E-state index in [2.05, 4.69) is 0 Å². The number of anilines is 1. The van der Waals surface area contributed by atoms with E-state index in [-0.39, 0.29) is 26.3 Å². The number of halogens is 2. The molecule has 0 aliphatic rings. The lowest BCUT2D eigenvalue weighted by molar-refractivity contribution is -0.384. The van der Waals surface area contributed by atoms with Crippen LogP contribution < -0.4 is 9.04 Å². The SMILES string of the molecule is COc1ccc(S(=O)(=O)N(C)c2cc([N+](=O)[O-])ccc2Cl)cc1Cl. The molecule has 10 heteroatoms. The molecule has 0 saturated heterocycles. The van der Waals surface area contributed by atoms with Crippen molar-refractivity contribution in [1.82, 2.24) is 0 Å². The molecule has 0 aliphatic carbocycles. The first-order valence-corrected chi connectivity index (χ1v) is 8.64. The first-order chi connectivity index (χ1) is 11.2. The third-order valence-corrected chi connectivity index (χ3v) is 5.64. The van der Waals surface area contributed by atoms with Crippen LogP contribution in [0, 0.1) is 10.1 Å². The molecule has 0 bridgehead atoms. The van der Waals surface area contributed by atoms with Crippen molar-refractivity contribution >= 4 is 44.6 Å². The number of hydrogen-bond donors (Lipinski definition) is 0. The Morgan fingerprint density at radius 3 is 2.33 bits per heavy atom. The minimum Gasteiger partial charge on any atom is -0.495 e. The first-order valence-electron chi connectivity index (χ1n) is 6.45. The number of ether oxygens (including phenoxy) is 1. The van der Waals surface area contributed by atoms with Crippen molar-refractivity contribution in [3.63, 3.8) is 0 Å². The van der Waals surface area contributed by atoms with Crippen LogP contribution >= 0.6 is 23.2 Å². The van der Waals surface area contributed by atoms with Gasteiger partial charge < -0.3 is 4.74 Å². The van der Waals surface area contributed by atoms with E-state index in [1.54, 1.807) is 0 Å². The molecule has 0 fully saturated rings. The lowest BCUT2D eigenvalue weighted by Crippen LogP contribution is -2.27. The summed E-state index contributed by atoms with van der Waals surface area (Å²) >= 11 is 12.0. The predicted molar refractivity (Wildman–Crippen MR) is 91.7 cm³/mol. The summed E-state index contributed by atoms with van der Waals surface area (Å²) in [7, 11) is -1.36. The fraction of sp³-hybridized carbons (Fsp3) is 0.143. The Morgan fingerprint density at radius 2 is 1.79 bits per heavy atom. The van der Waals surface area contributed by atoms with Gasteiger partial charge in [-0.05, 0) is 24.3 Å². The van der Waals surface area contributed by atoms with Crippen molar-refractivity contribution in [2.24, 2.45) is 0 Å². The average molecular weight is 391 g/mol. The highest BCUT2D eigenvalue weighted by molar-refractivity contribution is 7.92. The van der Waals surface area contributed by atoms with Crippen molar-refractivity contribution in [1.29, 1.82) is 0 Å². The van der Waals surface area contributed by atoms with Gasteiger partial charge in [0.25, 0.3) is 15.7 Å². The number of hydrogen-bond acceptors (Lipinski definition) is 5. The van der Waals surface area contributed by atoms with Gasteiger partial charge in [-0.3, -0.25) is 14.4 Å². The van der Waals surface area contributed by atoms with Crippen LogP contribution in [0.25, 0.3) is 0 Å². The van der Waals surface area contributed by atoms with E-state index < -0.39 is 14.9 Å². The van der Waals surface area contributed by atoms with E-state index >= 15 is 0 Å². The van der Waals surface area contributed by atoms with Crippen LogP contribution in [0.2, 0.25) is 10.0 Å². The van der Waals surface area contributed by atoms with Crippen molar-refractivity contribution < 1.29 is 18.1 Å². The van der Waals surface area contributed by atoms with Crippen LogP contribution in [0.1, 0.15) is 0 Å². The third kappa shape index (κ3) is 3.40. The zero-order valence-corrected chi connectivity index (χ0v) is 14.9. The minimum atomic E-state index is -4.02. The number of nitro groups is 1. The van der Waals surface area contributed by atoms with Crippen LogP contribution in [0.15, 0.2) is 41.3 Å². The summed E-state index contributed by atoms with van der Waals surface area (Å²) in [4.78, 5) is 10.2. The van der Waals surface area contributed by atoms with Gasteiger partial charge >= 0.3 is 0 Å². The van der Waals surface area contributed by atoms with Crippen molar-refractivity contribution in [2.45, 2.75) is 4.90 Å². The Bertz CT molecular complexity index is 902. The number of rotatable bonds is 5. The van der Waals surface area contributed by atoms with E-state index in [1.807, 2.05) is 0 Å². The van der Waals surface area contributed by atoms with Gasteiger partial charge in [0, 0.05) is 19.2 Å². The van der Waals surface area contributed by atoms with Crippen LogP contribution in [0.3, 0.4) is 0 Å². The number of benzene rings is 2. The number of non-ortho nitro benzene ring substituents is 1. The summed E-state index contributed by atoms with van der Waals surface area (Å²) in [6.07, 6.45) is 0. The molecule has 2 rings (SSSR count). The monoisotopic (exact) mass is 390 g/mol. The maximum absolute atomic E-state index is 12.7. The van der Waals surface area contributed by atoms with Gasteiger partial charge in [0.15, 0.2) is 0 Å². The van der Waals surface area contributed by atoms with Crippen molar-refractivity contribution in [3.05, 3.63) is 56.6 Å². The topological polar surface area (TPSA) is 89.8 Å². The molecule has 0 aliphatic heterocycles. The Labute approximate surface area is 148 Å². The third-order valence-electron chi connectivity index (χ3n) is 3.26. The summed E-state index contributed by atoms with van der Waals surface area (Å²) in [5.41, 5.74) is -0.290. The summed E-state index contributed by atoms with van der Waals surface area (Å²) in [6.45, 7) is 0. The molecular weight excluding hydrogens is 379 g/mol. The van der Waals surface area contributed by atoms with E-state index in [4.69, 9.17) is 27.9 Å². The van der Waals surface area contributed by atoms with E-state index in [0.717, 1.165) is 10.4 Å². The Morgan fingerprint density at radius 1 is 1.12 bits per heavy atom. The number of methoxy groups -OCH3 is 1. The fourth-order valence-electron chi connectivity index (χ4n) is 1.95. The Kier molecular flexibility index (Phi) is 5.22. The van der Waals surface area contributed by atoms with E-state index in [0.29, 0.717) is 5.75 Å². The van der Waals surface area contributed by atoms with E-state index in [1.165, 1.54) is 44.5 Å². The lowest BCUT2D eigenvalue weighted by atomic mass is 10.3. The maximum atomic E-state index is 12.7. The second-order valence-corrected chi connectivity index (χ2v) is 7.45. The van der Waals surface area contributed by atoms with Crippen molar-refractivity contribution in [3.8, 4) is 5.75 Å². The van der Waals surface area contributed by atoms with E-state index in [9.17, 15) is 18.5 Å². The zero-order valence-electron chi connectivity index (χ0n) is 12.6. The quantitative estimate of drug-likeness (QED) is 0.572. The second kappa shape index (κ2) is 6.84. The minimum absolute atomic E-state index is 0.0159. The summed E-state index contributed by atoms with van der Waals surface area (Å²) < 4.78 is 31.3. The Balaban J connectivity index is 2.52. The molecular formula is C14H12Cl2N2O5S. The molecule has 0 radical (unpaired) electrons. The van der Waals surface area contributed by atoms with Crippen LogP contribution in [-0.4, -0.2) is 27.5 Å². The van der Waals surface area contributed by atoms with Crippen molar-refractivity contribution in [2.75, 3.05) is 18.5 Å². The zero-order chi connectivity index (χ0) is 18.1. The molecule has 0 spiro atoms. The fourth-order valence-corrected chi connectivity index (χ4v) is 3.80. The van der Waals surface area contributed by atoms with Gasteiger partial charge in [-0.1, -0.05) is 23.2 Å². The highest BCUT2D eigenvalue weighted by atomic mass is 35.5. The number of nitro benzene ring substituents is 1. The van der Waals surface area contributed by atoms with Crippen LogP contribution in [0.5, 0.6) is 5.75 Å². The molecule has 0 atom stereocenters. The first kappa shape index (κ1) is 18.3. The highest BCUT2D eigenvalue weighted by Gasteiger charge is 2.25. The van der Waals surface area contributed by atoms with Crippen LogP contribution in [0.4, 0.5) is 11.4 Å². The van der Waals surface area contributed by atoms with Crippen LogP contribution in [-0.2, 0) is 10.0 Å². The van der Waals surface area contributed by atoms with Gasteiger partial charge in [-0.25, -0.2) is 8.42 Å². The Hall–Kier alpha value is -2.03. The second-order valence-electron chi connectivity index (χ2n) is 4.66. The lowest BCUT2D eigenvalue weighted by Gasteiger charge is -2.20. The summed E-state index contributed by atoms with van der Waals surface area (Å²) in [6, 6.07) is 7.51.